The van der Waals surface area contributed by atoms with Gasteiger partial charge in [0.05, 0.1) is 18.0 Å². The Bertz CT molecular complexity index is 848. The first-order valence-corrected chi connectivity index (χ1v) is 9.54. The molecule has 0 aliphatic rings. The number of carbonyl (C=O) groups excluding carboxylic acids is 1. The van der Waals surface area contributed by atoms with E-state index in [1.165, 1.54) is 11.3 Å². The Morgan fingerprint density at radius 2 is 1.38 bits per heavy atom. The van der Waals surface area contributed by atoms with Crippen LogP contribution in [0.15, 0.2) is 24.3 Å². The van der Waals surface area contributed by atoms with Crippen molar-refractivity contribution >= 4 is 34.5 Å². The van der Waals surface area contributed by atoms with Crippen molar-refractivity contribution in [1.29, 1.82) is 0 Å². The summed E-state index contributed by atoms with van der Waals surface area (Å²) in [7, 11) is 7.94. The molecule has 0 radical (unpaired) electrons. The Morgan fingerprint density at radius 1 is 0.897 bits per heavy atom. The van der Waals surface area contributed by atoms with Crippen LogP contribution in [0.4, 0.5) is 33.2 Å². The van der Waals surface area contributed by atoms with Crippen LogP contribution in [-0.2, 0) is 4.74 Å². The summed E-state index contributed by atoms with van der Waals surface area (Å²) in [6.45, 7) is 8.09. The van der Waals surface area contributed by atoms with Crippen molar-refractivity contribution in [2.24, 2.45) is 0 Å². The molecule has 0 aromatic heterocycles. The molecule has 0 spiro atoms. The minimum Gasteiger partial charge on any atom is -0.450 e. The van der Waals surface area contributed by atoms with Crippen molar-refractivity contribution in [3.05, 3.63) is 41.0 Å². The van der Waals surface area contributed by atoms with Gasteiger partial charge in [-0.2, -0.15) is 0 Å². The molecule has 0 fully saturated rings. The Labute approximate surface area is 174 Å². The molecule has 0 aliphatic carbocycles. The fraction of sp³-hybridized carbons (Fsp3) is 0.409. The number of anilines is 5. The lowest BCUT2D eigenvalue weighted by molar-refractivity contribution is 0.168. The fourth-order valence-corrected chi connectivity index (χ4v) is 2.92. The van der Waals surface area contributed by atoms with Gasteiger partial charge in [-0.3, -0.25) is 5.32 Å². The Morgan fingerprint density at radius 3 is 1.86 bits per heavy atom. The topological polar surface area (TPSA) is 96.8 Å². The number of benzene rings is 2. The van der Waals surface area contributed by atoms with E-state index >= 15 is 0 Å². The van der Waals surface area contributed by atoms with Gasteiger partial charge in [-0.15, -0.1) is 0 Å². The fourth-order valence-electron chi connectivity index (χ4n) is 2.92. The summed E-state index contributed by atoms with van der Waals surface area (Å²) in [5, 5.41) is 2.61. The van der Waals surface area contributed by atoms with E-state index in [1.54, 1.807) is 13.0 Å². The van der Waals surface area contributed by atoms with Crippen LogP contribution >= 0.6 is 0 Å². The maximum atomic E-state index is 11.3. The van der Waals surface area contributed by atoms with Gasteiger partial charge in [0.2, 0.25) is 0 Å². The van der Waals surface area contributed by atoms with Crippen LogP contribution in [-0.4, -0.2) is 40.9 Å². The van der Waals surface area contributed by atoms with Crippen LogP contribution in [0.25, 0.3) is 0 Å². The Balaban J connectivity index is 0.000000308. The van der Waals surface area contributed by atoms with Crippen molar-refractivity contribution in [2.75, 3.05) is 61.4 Å². The number of nitrogens with one attached hydrogen (secondary N) is 1. The van der Waals surface area contributed by atoms with Crippen LogP contribution in [0.2, 0.25) is 0 Å². The molecule has 7 nitrogen and oxygen atoms in total. The number of rotatable bonds is 4. The van der Waals surface area contributed by atoms with E-state index in [1.807, 2.05) is 53.0 Å². The molecule has 29 heavy (non-hydrogen) atoms. The van der Waals surface area contributed by atoms with Crippen molar-refractivity contribution in [2.45, 2.75) is 27.7 Å². The van der Waals surface area contributed by atoms with Gasteiger partial charge in [0, 0.05) is 45.3 Å². The van der Waals surface area contributed by atoms with Crippen molar-refractivity contribution in [3.63, 3.8) is 0 Å². The summed E-state index contributed by atoms with van der Waals surface area (Å²) in [5.41, 5.74) is 19.4. The average Bonchev–Trinajstić information content (AvgIpc) is 2.64. The van der Waals surface area contributed by atoms with Gasteiger partial charge >= 0.3 is 6.09 Å². The highest BCUT2D eigenvalue weighted by Gasteiger charge is 2.11. The summed E-state index contributed by atoms with van der Waals surface area (Å²) in [5.74, 6) is 0. The number of nitrogens with two attached hydrogens (primary N) is 2. The van der Waals surface area contributed by atoms with Gasteiger partial charge in [-0.1, -0.05) is 6.07 Å². The summed E-state index contributed by atoms with van der Waals surface area (Å²) >= 11 is 0. The number of nitrogen functional groups attached to an aromatic ring is 2. The highest BCUT2D eigenvalue weighted by Crippen LogP contribution is 2.30. The molecule has 0 heterocycles. The van der Waals surface area contributed by atoms with Gasteiger partial charge in [0.25, 0.3) is 0 Å². The van der Waals surface area contributed by atoms with E-state index < -0.39 is 6.09 Å². The zero-order chi connectivity index (χ0) is 22.3. The number of hydrogen-bond donors (Lipinski definition) is 3. The van der Waals surface area contributed by atoms with E-state index in [0.29, 0.717) is 18.0 Å². The van der Waals surface area contributed by atoms with Gasteiger partial charge in [0.15, 0.2) is 0 Å². The van der Waals surface area contributed by atoms with Crippen molar-refractivity contribution in [1.82, 2.24) is 0 Å². The van der Waals surface area contributed by atoms with E-state index in [2.05, 4.69) is 29.3 Å². The second kappa shape index (κ2) is 10.5. The normalized spacial score (nSPS) is 9.93. The van der Waals surface area contributed by atoms with Gasteiger partial charge in [-0.05, 0) is 62.6 Å². The lowest BCUT2D eigenvalue weighted by Crippen LogP contribution is -2.16. The molecular formula is C22H35N5O2. The molecule has 0 atom stereocenters. The number of carbonyl (C=O) groups is 1. The molecule has 0 saturated carbocycles. The predicted octanol–water partition coefficient (Wildman–Crippen LogP) is 4.16. The van der Waals surface area contributed by atoms with Crippen LogP contribution in [0, 0.1) is 20.8 Å². The second-order valence-corrected chi connectivity index (χ2v) is 7.25. The first kappa shape index (κ1) is 23.9. The third-order valence-corrected chi connectivity index (χ3v) is 4.67. The largest absolute Gasteiger partial charge is 0.450 e. The summed E-state index contributed by atoms with van der Waals surface area (Å²) in [4.78, 5) is 15.3. The quantitative estimate of drug-likeness (QED) is 0.666. The monoisotopic (exact) mass is 401 g/mol. The molecule has 0 saturated heterocycles. The van der Waals surface area contributed by atoms with Crippen LogP contribution in [0.1, 0.15) is 23.6 Å². The molecule has 2 aromatic carbocycles. The number of hydrogen-bond acceptors (Lipinski definition) is 6. The first-order valence-electron chi connectivity index (χ1n) is 9.54. The Hall–Kier alpha value is -3.09. The van der Waals surface area contributed by atoms with Crippen LogP contribution in [0.5, 0.6) is 0 Å². The average molecular weight is 402 g/mol. The molecule has 0 aliphatic heterocycles. The van der Waals surface area contributed by atoms with Crippen LogP contribution in [0.3, 0.4) is 0 Å². The van der Waals surface area contributed by atoms with E-state index in [-0.39, 0.29) is 0 Å². The predicted molar refractivity (Wildman–Crippen MR) is 125 cm³/mol. The highest BCUT2D eigenvalue weighted by molar-refractivity contribution is 5.91. The van der Waals surface area contributed by atoms with E-state index in [0.717, 1.165) is 22.5 Å². The number of ether oxygens (including phenoxy) is 1. The molecule has 5 N–H and O–H groups in total. The molecular weight excluding hydrogens is 366 g/mol. The molecule has 2 rings (SSSR count). The third-order valence-electron chi connectivity index (χ3n) is 4.67. The molecule has 160 valence electrons. The Kier molecular flexibility index (Phi) is 8.63. The third kappa shape index (κ3) is 6.20. The van der Waals surface area contributed by atoms with Crippen molar-refractivity contribution in [3.8, 4) is 0 Å². The molecule has 0 bridgehead atoms. The summed E-state index contributed by atoms with van der Waals surface area (Å²) in [6.07, 6.45) is -0.490. The maximum absolute atomic E-state index is 11.3. The minimum atomic E-state index is -0.490. The summed E-state index contributed by atoms with van der Waals surface area (Å²) < 4.78 is 4.80. The number of nitrogens with zero attached hydrogens (tertiary/aromatic N) is 2. The maximum Gasteiger partial charge on any atom is 0.411 e. The van der Waals surface area contributed by atoms with Crippen LogP contribution < -0.4 is 26.6 Å². The minimum absolute atomic E-state index is 0.334. The lowest BCUT2D eigenvalue weighted by atomic mass is 10.1. The standard InChI is InChI=1S/C12H19N3O2.C10H16N2/c1-5-17-12(16)14-9-6-7-10(15(3)4)8(2)11(9)13;1-7-5-6-9(12(3)4)8(2)10(7)11/h6-7H,5,13H2,1-4H3,(H,14,16);5-6H,11H2,1-4H3. The second-order valence-electron chi connectivity index (χ2n) is 7.25. The SMILES string of the molecule is CCOC(=O)Nc1ccc(N(C)C)c(C)c1N.Cc1ccc(N(C)C)c(C)c1N. The van der Waals surface area contributed by atoms with E-state index in [4.69, 9.17) is 16.2 Å². The van der Waals surface area contributed by atoms with Gasteiger partial charge in [-0.25, -0.2) is 4.79 Å². The first-order chi connectivity index (χ1) is 13.5. The van der Waals surface area contributed by atoms with Gasteiger partial charge < -0.3 is 26.0 Å². The molecule has 0 unspecified atom stereocenters. The lowest BCUT2D eigenvalue weighted by Gasteiger charge is -2.19. The molecule has 1 amide bonds. The molecule has 7 heteroatoms. The zero-order valence-corrected chi connectivity index (χ0v) is 18.9. The van der Waals surface area contributed by atoms with Crippen molar-refractivity contribution < 1.29 is 9.53 Å². The number of aryl methyl sites for hydroxylation is 1. The number of amides is 1. The molecule has 2 aromatic rings. The van der Waals surface area contributed by atoms with E-state index in [9.17, 15) is 4.79 Å². The zero-order valence-electron chi connectivity index (χ0n) is 18.9. The summed E-state index contributed by atoms with van der Waals surface area (Å²) in [6, 6.07) is 7.83. The smallest absolute Gasteiger partial charge is 0.411 e. The van der Waals surface area contributed by atoms with Gasteiger partial charge in [0.1, 0.15) is 0 Å². The highest BCUT2D eigenvalue weighted by atomic mass is 16.5.